The highest BCUT2D eigenvalue weighted by Crippen LogP contribution is 2.35. The Labute approximate surface area is 136 Å². The average molecular weight is 352 g/mol. The summed E-state index contributed by atoms with van der Waals surface area (Å²) in [6.45, 7) is 8.82. The molecule has 0 N–H and O–H groups in total. The maximum absolute atomic E-state index is 13.0. The lowest BCUT2D eigenvalue weighted by molar-refractivity contribution is 0.413. The van der Waals surface area contributed by atoms with E-state index >= 15 is 0 Å². The van der Waals surface area contributed by atoms with Gasteiger partial charge in [0.2, 0.25) is 10.0 Å². The van der Waals surface area contributed by atoms with Gasteiger partial charge in [0, 0.05) is 29.2 Å². The quantitative estimate of drug-likeness (QED) is 0.781. The van der Waals surface area contributed by atoms with Crippen LogP contribution in [0.5, 0.6) is 0 Å². The molecule has 1 saturated heterocycles. The van der Waals surface area contributed by atoms with E-state index in [4.69, 9.17) is 16.0 Å². The van der Waals surface area contributed by atoms with Crippen LogP contribution in [0.4, 0.5) is 0 Å². The number of nitrogens with zero attached hydrogens (tertiary/aromatic N) is 1. The molecule has 1 aliphatic heterocycles. The molecule has 0 aliphatic carbocycles. The van der Waals surface area contributed by atoms with E-state index in [1.165, 1.54) is 0 Å². The number of hydrogen-bond donors (Lipinski definition) is 0. The maximum Gasteiger partial charge on any atom is 0.246 e. The first-order valence-electron chi connectivity index (χ1n) is 6.98. The van der Waals surface area contributed by atoms with Gasteiger partial charge in [0.05, 0.1) is 5.88 Å². The number of alkyl halides is 1. The molecule has 2 heterocycles. The molecule has 1 fully saturated rings. The molecule has 21 heavy (non-hydrogen) atoms. The minimum absolute atomic E-state index is 0.112. The third kappa shape index (κ3) is 3.44. The molecule has 1 aliphatic rings. The number of thioether (sulfide) groups is 1. The topological polar surface area (TPSA) is 50.5 Å². The molecule has 7 heteroatoms. The van der Waals surface area contributed by atoms with Crippen molar-refractivity contribution in [1.29, 1.82) is 0 Å². The van der Waals surface area contributed by atoms with E-state index in [9.17, 15) is 8.42 Å². The van der Waals surface area contributed by atoms with Crippen LogP contribution in [0.1, 0.15) is 37.4 Å². The zero-order chi connectivity index (χ0) is 15.8. The molecule has 0 radical (unpaired) electrons. The SMILES string of the molecule is Cc1oc(C)c(S(=O)(=O)N2CCSC(C)(C)CC2)c1CCl. The van der Waals surface area contributed by atoms with Gasteiger partial charge in [-0.05, 0) is 20.3 Å². The minimum Gasteiger partial charge on any atom is -0.465 e. The van der Waals surface area contributed by atoms with Gasteiger partial charge in [0.15, 0.2) is 0 Å². The van der Waals surface area contributed by atoms with E-state index in [2.05, 4.69) is 13.8 Å². The second-order valence-corrected chi connectivity index (χ2v) is 9.86. The number of aryl methyl sites for hydroxylation is 2. The molecule has 1 aromatic heterocycles. The van der Waals surface area contributed by atoms with Crippen LogP contribution < -0.4 is 0 Å². The molecule has 0 amide bonds. The highest BCUT2D eigenvalue weighted by Gasteiger charge is 2.35. The Morgan fingerprint density at radius 2 is 1.95 bits per heavy atom. The van der Waals surface area contributed by atoms with Crippen LogP contribution in [-0.2, 0) is 15.9 Å². The summed E-state index contributed by atoms with van der Waals surface area (Å²) >= 11 is 7.75. The second kappa shape index (κ2) is 6.14. The molecule has 2 rings (SSSR count). The zero-order valence-electron chi connectivity index (χ0n) is 12.9. The smallest absolute Gasteiger partial charge is 0.246 e. The summed E-state index contributed by atoms with van der Waals surface area (Å²) in [4.78, 5) is 0.264. The number of hydrogen-bond acceptors (Lipinski definition) is 4. The molecule has 0 saturated carbocycles. The Morgan fingerprint density at radius 1 is 1.29 bits per heavy atom. The lowest BCUT2D eigenvalue weighted by atomic mass is 10.1. The fraction of sp³-hybridized carbons (Fsp3) is 0.714. The predicted molar refractivity (Wildman–Crippen MR) is 87.7 cm³/mol. The third-order valence-corrected chi connectivity index (χ3v) is 7.59. The van der Waals surface area contributed by atoms with Crippen LogP contribution in [0.3, 0.4) is 0 Å². The Hall–Kier alpha value is -0.170. The molecule has 120 valence electrons. The van der Waals surface area contributed by atoms with Crippen molar-refractivity contribution in [2.75, 3.05) is 18.8 Å². The van der Waals surface area contributed by atoms with Crippen LogP contribution in [0.15, 0.2) is 9.31 Å². The molecular weight excluding hydrogens is 330 g/mol. The molecule has 0 atom stereocenters. The summed E-state index contributed by atoms with van der Waals surface area (Å²) in [7, 11) is -3.55. The highest BCUT2D eigenvalue weighted by molar-refractivity contribution is 8.00. The highest BCUT2D eigenvalue weighted by atomic mass is 35.5. The number of rotatable bonds is 3. The van der Waals surface area contributed by atoms with E-state index in [0.717, 1.165) is 12.2 Å². The Balaban J connectivity index is 2.39. The van der Waals surface area contributed by atoms with Crippen molar-refractivity contribution in [1.82, 2.24) is 4.31 Å². The van der Waals surface area contributed by atoms with E-state index in [-0.39, 0.29) is 15.5 Å². The first kappa shape index (κ1) is 17.2. The van der Waals surface area contributed by atoms with Crippen molar-refractivity contribution in [3.05, 3.63) is 17.1 Å². The molecule has 0 aromatic carbocycles. The van der Waals surface area contributed by atoms with Gasteiger partial charge < -0.3 is 4.42 Å². The first-order chi connectivity index (χ1) is 9.69. The van der Waals surface area contributed by atoms with Crippen LogP contribution in [0.25, 0.3) is 0 Å². The molecule has 0 spiro atoms. The summed E-state index contributed by atoms with van der Waals surface area (Å²) in [5.41, 5.74) is 0.588. The Morgan fingerprint density at radius 3 is 2.57 bits per heavy atom. The average Bonchev–Trinajstić information content (AvgIpc) is 2.54. The molecule has 1 aromatic rings. The van der Waals surface area contributed by atoms with Crippen molar-refractivity contribution in [3.63, 3.8) is 0 Å². The summed E-state index contributed by atoms with van der Waals surface area (Å²) < 4.78 is 33.1. The minimum atomic E-state index is -3.55. The summed E-state index contributed by atoms with van der Waals surface area (Å²) in [5, 5.41) is 0. The van der Waals surface area contributed by atoms with Gasteiger partial charge in [-0.3, -0.25) is 0 Å². The van der Waals surface area contributed by atoms with Gasteiger partial charge in [-0.15, -0.1) is 11.6 Å². The summed E-state index contributed by atoms with van der Waals surface area (Å²) in [6.07, 6.45) is 0.836. The van der Waals surface area contributed by atoms with Crippen LogP contribution in [0.2, 0.25) is 0 Å². The van der Waals surface area contributed by atoms with Crippen molar-refractivity contribution < 1.29 is 12.8 Å². The van der Waals surface area contributed by atoms with Crippen LogP contribution in [-0.4, -0.2) is 36.3 Å². The Bertz CT molecular complexity index is 622. The van der Waals surface area contributed by atoms with Gasteiger partial charge in [-0.1, -0.05) is 13.8 Å². The largest absolute Gasteiger partial charge is 0.465 e. The summed E-state index contributed by atoms with van der Waals surface area (Å²) in [6, 6.07) is 0. The van der Waals surface area contributed by atoms with E-state index in [1.807, 2.05) is 11.8 Å². The van der Waals surface area contributed by atoms with Gasteiger partial charge in [-0.25, -0.2) is 8.42 Å². The maximum atomic E-state index is 13.0. The monoisotopic (exact) mass is 351 g/mol. The standard InChI is InChI=1S/C14H22ClNO3S2/c1-10-12(9-15)13(11(2)19-10)21(17,18)16-6-5-14(3,4)20-8-7-16/h5-9H2,1-4H3. The van der Waals surface area contributed by atoms with Crippen molar-refractivity contribution in [2.45, 2.75) is 49.6 Å². The summed E-state index contributed by atoms with van der Waals surface area (Å²) in [5.74, 6) is 1.97. The van der Waals surface area contributed by atoms with Crippen molar-refractivity contribution in [2.24, 2.45) is 0 Å². The zero-order valence-corrected chi connectivity index (χ0v) is 15.3. The van der Waals surface area contributed by atoms with E-state index in [0.29, 0.717) is 30.2 Å². The van der Waals surface area contributed by atoms with Crippen LogP contribution in [0, 0.1) is 13.8 Å². The molecule has 4 nitrogen and oxygen atoms in total. The van der Waals surface area contributed by atoms with Gasteiger partial charge in [0.1, 0.15) is 16.4 Å². The predicted octanol–water partition coefficient (Wildman–Crippen LogP) is 3.54. The van der Waals surface area contributed by atoms with Gasteiger partial charge in [-0.2, -0.15) is 16.1 Å². The first-order valence-corrected chi connectivity index (χ1v) is 9.94. The van der Waals surface area contributed by atoms with Gasteiger partial charge in [0.25, 0.3) is 0 Å². The third-order valence-electron chi connectivity index (χ3n) is 3.85. The lowest BCUT2D eigenvalue weighted by Gasteiger charge is -2.22. The van der Waals surface area contributed by atoms with E-state index in [1.54, 1.807) is 18.2 Å². The normalized spacial score (nSPS) is 20.4. The fourth-order valence-corrected chi connectivity index (χ4v) is 6.04. The number of halogens is 1. The fourth-order valence-electron chi connectivity index (χ4n) is 2.57. The van der Waals surface area contributed by atoms with Crippen LogP contribution >= 0.6 is 23.4 Å². The molecule has 0 unspecified atom stereocenters. The molecular formula is C14H22ClNO3S2. The second-order valence-electron chi connectivity index (χ2n) is 5.92. The van der Waals surface area contributed by atoms with Crippen molar-refractivity contribution >= 4 is 33.4 Å². The van der Waals surface area contributed by atoms with E-state index < -0.39 is 10.0 Å². The van der Waals surface area contributed by atoms with Gasteiger partial charge >= 0.3 is 0 Å². The Kier molecular flexibility index (Phi) is 5.03. The van der Waals surface area contributed by atoms with Crippen molar-refractivity contribution in [3.8, 4) is 0 Å². The lowest BCUT2D eigenvalue weighted by Crippen LogP contribution is -2.34. The molecule has 0 bridgehead atoms. The number of sulfonamides is 1. The number of furan rings is 1.